The first-order chi connectivity index (χ1) is 9.28. The van der Waals surface area contributed by atoms with Crippen molar-refractivity contribution in [2.24, 2.45) is 0 Å². The fourth-order valence-corrected chi connectivity index (χ4v) is 2.26. The van der Waals surface area contributed by atoms with Crippen LogP contribution in [0.5, 0.6) is 5.75 Å². The van der Waals surface area contributed by atoms with E-state index in [1.807, 2.05) is 30.3 Å². The third-order valence-electron chi connectivity index (χ3n) is 3.24. The molecule has 0 amide bonds. The van der Waals surface area contributed by atoms with Crippen molar-refractivity contribution in [3.8, 4) is 5.75 Å². The quantitative estimate of drug-likeness (QED) is 0.385. The fourth-order valence-electron chi connectivity index (χ4n) is 2.26. The minimum Gasteiger partial charge on any atom is -0.427 e. The summed E-state index contributed by atoms with van der Waals surface area (Å²) in [6, 6.07) is 18.2. The maximum absolute atomic E-state index is 11.3. The monoisotopic (exact) mass is 250 g/mol. The van der Waals surface area contributed by atoms with Crippen molar-refractivity contribution in [2.45, 2.75) is 13.3 Å². The zero-order chi connectivity index (χ0) is 13.2. The smallest absolute Gasteiger partial charge is 0.310 e. The van der Waals surface area contributed by atoms with E-state index in [0.717, 1.165) is 5.39 Å². The highest BCUT2D eigenvalue weighted by Gasteiger charge is 2.04. The Hall–Kier alpha value is -2.35. The summed E-state index contributed by atoms with van der Waals surface area (Å²) in [6.45, 7) is 1.79. The summed E-state index contributed by atoms with van der Waals surface area (Å²) >= 11 is 0. The molecule has 2 heteroatoms. The standard InChI is InChI=1S/C17H14O2/c1-2-17(18)19-14-9-10-16-13(11-14)8-7-12-5-3-4-6-15(12)16/h3-11H,2H2,1H3. The molecule has 19 heavy (non-hydrogen) atoms. The molecule has 0 unspecified atom stereocenters. The normalized spacial score (nSPS) is 10.8. The van der Waals surface area contributed by atoms with Gasteiger partial charge in [0, 0.05) is 6.42 Å². The summed E-state index contributed by atoms with van der Waals surface area (Å²) in [7, 11) is 0. The first-order valence-corrected chi connectivity index (χ1v) is 6.40. The molecule has 0 radical (unpaired) electrons. The largest absolute Gasteiger partial charge is 0.427 e. The van der Waals surface area contributed by atoms with Crippen LogP contribution in [0.3, 0.4) is 0 Å². The number of benzene rings is 3. The molecule has 0 fully saturated rings. The van der Waals surface area contributed by atoms with E-state index in [0.29, 0.717) is 12.2 Å². The van der Waals surface area contributed by atoms with E-state index in [9.17, 15) is 4.79 Å². The van der Waals surface area contributed by atoms with Crippen molar-refractivity contribution in [1.82, 2.24) is 0 Å². The van der Waals surface area contributed by atoms with Gasteiger partial charge in [-0.2, -0.15) is 0 Å². The summed E-state index contributed by atoms with van der Waals surface area (Å²) in [5.41, 5.74) is 0. The van der Waals surface area contributed by atoms with Crippen molar-refractivity contribution in [3.63, 3.8) is 0 Å². The average Bonchev–Trinajstić information content (AvgIpc) is 2.46. The van der Waals surface area contributed by atoms with Crippen molar-refractivity contribution in [1.29, 1.82) is 0 Å². The number of hydrogen-bond donors (Lipinski definition) is 0. The van der Waals surface area contributed by atoms with Gasteiger partial charge in [-0.05, 0) is 33.7 Å². The predicted octanol–water partition coefficient (Wildman–Crippen LogP) is 4.31. The Morgan fingerprint density at radius 2 is 1.68 bits per heavy atom. The number of carbonyl (C=O) groups is 1. The maximum atomic E-state index is 11.3. The van der Waals surface area contributed by atoms with Crippen LogP contribution in [-0.2, 0) is 4.79 Å². The molecule has 0 saturated carbocycles. The van der Waals surface area contributed by atoms with Gasteiger partial charge in [-0.3, -0.25) is 4.79 Å². The van der Waals surface area contributed by atoms with Crippen molar-refractivity contribution in [2.75, 3.05) is 0 Å². The predicted molar refractivity (Wildman–Crippen MR) is 77.4 cm³/mol. The molecule has 0 heterocycles. The molecule has 0 saturated heterocycles. The first-order valence-electron chi connectivity index (χ1n) is 6.40. The molecule has 0 N–H and O–H groups in total. The van der Waals surface area contributed by atoms with E-state index in [1.54, 1.807) is 6.92 Å². The van der Waals surface area contributed by atoms with E-state index in [1.165, 1.54) is 16.2 Å². The third-order valence-corrected chi connectivity index (χ3v) is 3.24. The molecule has 0 bridgehead atoms. The molecular formula is C17H14O2. The van der Waals surface area contributed by atoms with Crippen LogP contribution in [0, 0.1) is 0 Å². The molecule has 0 aliphatic rings. The van der Waals surface area contributed by atoms with Gasteiger partial charge in [-0.1, -0.05) is 49.4 Å². The van der Waals surface area contributed by atoms with Crippen LogP contribution < -0.4 is 4.74 Å². The van der Waals surface area contributed by atoms with Crippen LogP contribution in [-0.4, -0.2) is 5.97 Å². The molecule has 0 aliphatic heterocycles. The second-order valence-corrected chi connectivity index (χ2v) is 4.50. The molecule has 0 aliphatic carbocycles. The first kappa shape index (κ1) is 11.7. The lowest BCUT2D eigenvalue weighted by Crippen LogP contribution is -2.05. The molecule has 3 aromatic carbocycles. The summed E-state index contributed by atoms with van der Waals surface area (Å²) < 4.78 is 5.24. The molecule has 3 rings (SSSR count). The lowest BCUT2D eigenvalue weighted by atomic mass is 10.0. The summed E-state index contributed by atoms with van der Waals surface area (Å²) in [5, 5.41) is 4.69. The van der Waals surface area contributed by atoms with Gasteiger partial charge in [0.1, 0.15) is 5.75 Å². The molecule has 2 nitrogen and oxygen atoms in total. The number of esters is 1. The Kier molecular flexibility index (Phi) is 2.92. The van der Waals surface area contributed by atoms with Gasteiger partial charge in [0.15, 0.2) is 0 Å². The van der Waals surface area contributed by atoms with Gasteiger partial charge in [0.25, 0.3) is 0 Å². The van der Waals surface area contributed by atoms with Crippen LogP contribution in [0.15, 0.2) is 54.6 Å². The van der Waals surface area contributed by atoms with Gasteiger partial charge >= 0.3 is 5.97 Å². The minimum absolute atomic E-state index is 0.208. The Morgan fingerprint density at radius 1 is 0.947 bits per heavy atom. The van der Waals surface area contributed by atoms with Crippen LogP contribution in [0.25, 0.3) is 21.5 Å². The zero-order valence-electron chi connectivity index (χ0n) is 10.7. The Bertz CT molecular complexity index is 759. The van der Waals surface area contributed by atoms with Crippen LogP contribution >= 0.6 is 0 Å². The second kappa shape index (κ2) is 4.73. The Labute approximate surface area is 111 Å². The topological polar surface area (TPSA) is 26.3 Å². The van der Waals surface area contributed by atoms with Gasteiger partial charge < -0.3 is 4.74 Å². The van der Waals surface area contributed by atoms with E-state index in [2.05, 4.69) is 24.3 Å². The van der Waals surface area contributed by atoms with E-state index in [-0.39, 0.29) is 5.97 Å². The number of carbonyl (C=O) groups excluding carboxylic acids is 1. The van der Waals surface area contributed by atoms with Crippen molar-refractivity contribution >= 4 is 27.5 Å². The Balaban J connectivity index is 2.14. The summed E-state index contributed by atoms with van der Waals surface area (Å²) in [4.78, 5) is 11.3. The summed E-state index contributed by atoms with van der Waals surface area (Å²) in [6.07, 6.45) is 0.385. The average molecular weight is 250 g/mol. The maximum Gasteiger partial charge on any atom is 0.310 e. The van der Waals surface area contributed by atoms with Gasteiger partial charge in [0.05, 0.1) is 0 Å². The summed E-state index contributed by atoms with van der Waals surface area (Å²) in [5.74, 6) is 0.398. The van der Waals surface area contributed by atoms with E-state index in [4.69, 9.17) is 4.74 Å². The van der Waals surface area contributed by atoms with Gasteiger partial charge in [-0.25, -0.2) is 0 Å². The van der Waals surface area contributed by atoms with Crippen molar-refractivity contribution < 1.29 is 9.53 Å². The molecule has 0 aromatic heterocycles. The minimum atomic E-state index is -0.208. The fraction of sp³-hybridized carbons (Fsp3) is 0.118. The second-order valence-electron chi connectivity index (χ2n) is 4.50. The Morgan fingerprint density at radius 3 is 2.53 bits per heavy atom. The number of rotatable bonds is 2. The van der Waals surface area contributed by atoms with E-state index < -0.39 is 0 Å². The van der Waals surface area contributed by atoms with Crippen molar-refractivity contribution in [3.05, 3.63) is 54.6 Å². The van der Waals surface area contributed by atoms with Gasteiger partial charge in [0.2, 0.25) is 0 Å². The number of fused-ring (bicyclic) bond motifs is 3. The van der Waals surface area contributed by atoms with Crippen LogP contribution in [0.2, 0.25) is 0 Å². The third kappa shape index (κ3) is 2.17. The van der Waals surface area contributed by atoms with Crippen LogP contribution in [0.1, 0.15) is 13.3 Å². The lowest BCUT2D eigenvalue weighted by Gasteiger charge is -2.07. The lowest BCUT2D eigenvalue weighted by molar-refractivity contribution is -0.134. The highest BCUT2D eigenvalue weighted by molar-refractivity contribution is 6.07. The molecule has 0 atom stereocenters. The van der Waals surface area contributed by atoms with Crippen LogP contribution in [0.4, 0.5) is 0 Å². The highest BCUT2D eigenvalue weighted by Crippen LogP contribution is 2.28. The van der Waals surface area contributed by atoms with E-state index >= 15 is 0 Å². The SMILES string of the molecule is CCC(=O)Oc1ccc2c(ccc3ccccc32)c1. The molecule has 0 spiro atoms. The molecule has 94 valence electrons. The van der Waals surface area contributed by atoms with Gasteiger partial charge in [-0.15, -0.1) is 0 Å². The number of hydrogen-bond acceptors (Lipinski definition) is 2. The highest BCUT2D eigenvalue weighted by atomic mass is 16.5. The molecular weight excluding hydrogens is 236 g/mol. The number of ether oxygens (including phenoxy) is 1. The molecule has 3 aromatic rings. The zero-order valence-corrected chi connectivity index (χ0v) is 10.7.